The molecule has 0 aliphatic carbocycles. The maximum atomic E-state index is 12.0. The van der Waals surface area contributed by atoms with Crippen LogP contribution in [0.1, 0.15) is 18.9 Å². The highest BCUT2D eigenvalue weighted by molar-refractivity contribution is 7.98. The van der Waals surface area contributed by atoms with Crippen LogP contribution in [0.15, 0.2) is 29.2 Å². The maximum absolute atomic E-state index is 12.0. The number of benzene rings is 1. The zero-order valence-electron chi connectivity index (χ0n) is 12.8. The fourth-order valence-electron chi connectivity index (χ4n) is 2.54. The summed E-state index contributed by atoms with van der Waals surface area (Å²) >= 11 is 1.74. The van der Waals surface area contributed by atoms with Crippen LogP contribution in [0.25, 0.3) is 0 Å². The lowest BCUT2D eigenvalue weighted by Gasteiger charge is -2.34. The largest absolute Gasteiger partial charge is 0.296 e. The predicted octanol–water partition coefficient (Wildman–Crippen LogP) is 2.27. The van der Waals surface area contributed by atoms with Gasteiger partial charge in [0.15, 0.2) is 0 Å². The van der Waals surface area contributed by atoms with Crippen LogP contribution in [0, 0.1) is 0 Å². The first-order valence-corrected chi connectivity index (χ1v) is 10.2. The lowest BCUT2D eigenvalue weighted by Crippen LogP contribution is -2.48. The van der Waals surface area contributed by atoms with Crippen LogP contribution >= 0.6 is 11.8 Å². The van der Waals surface area contributed by atoms with Crippen LogP contribution in [-0.4, -0.2) is 55.8 Å². The number of hydrogen-bond acceptors (Lipinski definition) is 4. The Balaban J connectivity index is 1.86. The van der Waals surface area contributed by atoms with E-state index in [1.165, 1.54) is 10.5 Å². The summed E-state index contributed by atoms with van der Waals surface area (Å²) in [5.41, 5.74) is 1.29. The molecule has 118 valence electrons. The van der Waals surface area contributed by atoms with Gasteiger partial charge in [0.25, 0.3) is 0 Å². The quantitative estimate of drug-likeness (QED) is 0.751. The predicted molar refractivity (Wildman–Crippen MR) is 89.2 cm³/mol. The van der Waals surface area contributed by atoms with Gasteiger partial charge in [-0.15, -0.1) is 11.8 Å². The molecule has 0 unspecified atom stereocenters. The number of piperazine rings is 1. The third-order valence-corrected chi connectivity index (χ3v) is 6.57. The van der Waals surface area contributed by atoms with Crippen molar-refractivity contribution in [3.63, 3.8) is 0 Å². The molecule has 0 saturated carbocycles. The average molecular weight is 329 g/mol. The molecule has 1 fully saturated rings. The zero-order chi connectivity index (χ0) is 15.3. The minimum Gasteiger partial charge on any atom is -0.296 e. The first-order valence-electron chi connectivity index (χ1n) is 7.38. The third kappa shape index (κ3) is 4.71. The van der Waals surface area contributed by atoms with Gasteiger partial charge in [-0.05, 0) is 30.4 Å². The number of nitrogens with zero attached hydrogens (tertiary/aromatic N) is 2. The zero-order valence-corrected chi connectivity index (χ0v) is 14.4. The van der Waals surface area contributed by atoms with E-state index in [9.17, 15) is 8.42 Å². The van der Waals surface area contributed by atoms with E-state index in [0.717, 1.165) is 19.6 Å². The average Bonchev–Trinajstić information content (AvgIpc) is 2.48. The molecular weight excluding hydrogens is 304 g/mol. The van der Waals surface area contributed by atoms with Crippen molar-refractivity contribution in [3.8, 4) is 0 Å². The molecule has 0 aromatic heterocycles. The van der Waals surface area contributed by atoms with Gasteiger partial charge in [-0.1, -0.05) is 19.1 Å². The minimum absolute atomic E-state index is 0.267. The molecule has 2 rings (SSSR count). The van der Waals surface area contributed by atoms with Crippen LogP contribution in [0.2, 0.25) is 0 Å². The van der Waals surface area contributed by atoms with Gasteiger partial charge in [-0.3, -0.25) is 4.90 Å². The topological polar surface area (TPSA) is 40.6 Å². The van der Waals surface area contributed by atoms with Gasteiger partial charge >= 0.3 is 0 Å². The van der Waals surface area contributed by atoms with Crippen molar-refractivity contribution in [2.75, 3.05) is 38.2 Å². The second kappa shape index (κ2) is 7.63. The van der Waals surface area contributed by atoms with Gasteiger partial charge in [-0.2, -0.15) is 4.31 Å². The summed E-state index contributed by atoms with van der Waals surface area (Å²) in [7, 11) is -3.03. The fourth-order valence-corrected chi connectivity index (χ4v) is 4.44. The van der Waals surface area contributed by atoms with Crippen molar-refractivity contribution in [2.45, 2.75) is 24.8 Å². The van der Waals surface area contributed by atoms with Gasteiger partial charge in [0, 0.05) is 37.6 Å². The summed E-state index contributed by atoms with van der Waals surface area (Å²) in [6, 6.07) is 8.60. The first kappa shape index (κ1) is 16.8. The Morgan fingerprint density at radius 3 is 2.24 bits per heavy atom. The van der Waals surface area contributed by atoms with Crippen molar-refractivity contribution in [1.82, 2.24) is 9.21 Å². The van der Waals surface area contributed by atoms with Crippen LogP contribution in [0.3, 0.4) is 0 Å². The van der Waals surface area contributed by atoms with E-state index >= 15 is 0 Å². The molecule has 4 nitrogen and oxygen atoms in total. The molecule has 1 aliphatic rings. The molecule has 1 heterocycles. The third-order valence-electron chi connectivity index (χ3n) is 3.75. The van der Waals surface area contributed by atoms with Crippen molar-refractivity contribution in [1.29, 1.82) is 0 Å². The molecule has 0 spiro atoms. The molecule has 0 N–H and O–H groups in total. The highest BCUT2D eigenvalue weighted by Crippen LogP contribution is 2.17. The fraction of sp³-hybridized carbons (Fsp3) is 0.600. The monoisotopic (exact) mass is 328 g/mol. The normalized spacial score (nSPS) is 18.0. The van der Waals surface area contributed by atoms with Crippen molar-refractivity contribution < 1.29 is 8.42 Å². The molecule has 1 saturated heterocycles. The number of rotatable bonds is 6. The van der Waals surface area contributed by atoms with E-state index < -0.39 is 10.0 Å². The van der Waals surface area contributed by atoms with Crippen LogP contribution in [-0.2, 0) is 16.6 Å². The van der Waals surface area contributed by atoms with Crippen LogP contribution in [0.5, 0.6) is 0 Å². The molecule has 0 bridgehead atoms. The van der Waals surface area contributed by atoms with E-state index in [4.69, 9.17) is 0 Å². The van der Waals surface area contributed by atoms with Gasteiger partial charge in [0.05, 0.1) is 5.75 Å². The Morgan fingerprint density at radius 2 is 1.71 bits per heavy atom. The highest BCUT2D eigenvalue weighted by atomic mass is 32.2. The summed E-state index contributed by atoms with van der Waals surface area (Å²) in [6.07, 6.45) is 2.76. The maximum Gasteiger partial charge on any atom is 0.214 e. The first-order chi connectivity index (χ1) is 10.0. The lowest BCUT2D eigenvalue weighted by molar-refractivity contribution is 0.181. The van der Waals surface area contributed by atoms with E-state index in [0.29, 0.717) is 19.5 Å². The SMILES string of the molecule is CCCS(=O)(=O)N1CCN(Cc2ccc(SC)cc2)CC1. The molecule has 0 amide bonds. The van der Waals surface area contributed by atoms with E-state index in [1.54, 1.807) is 16.1 Å². The van der Waals surface area contributed by atoms with Gasteiger partial charge in [0.1, 0.15) is 0 Å². The summed E-state index contributed by atoms with van der Waals surface area (Å²) in [5.74, 6) is 0.267. The lowest BCUT2D eigenvalue weighted by atomic mass is 10.2. The van der Waals surface area contributed by atoms with Gasteiger partial charge in [0.2, 0.25) is 10.0 Å². The minimum atomic E-state index is -3.03. The molecule has 0 atom stereocenters. The summed E-state index contributed by atoms with van der Waals surface area (Å²) in [4.78, 5) is 3.60. The van der Waals surface area contributed by atoms with E-state index in [2.05, 4.69) is 35.4 Å². The smallest absolute Gasteiger partial charge is 0.214 e. The van der Waals surface area contributed by atoms with Crippen molar-refractivity contribution in [2.24, 2.45) is 0 Å². The molecule has 1 aliphatic heterocycles. The second-order valence-electron chi connectivity index (χ2n) is 5.34. The second-order valence-corrected chi connectivity index (χ2v) is 8.31. The summed E-state index contributed by atoms with van der Waals surface area (Å²) < 4.78 is 25.7. The molecule has 21 heavy (non-hydrogen) atoms. The Labute approximate surface area is 132 Å². The highest BCUT2D eigenvalue weighted by Gasteiger charge is 2.25. The molecule has 6 heteroatoms. The van der Waals surface area contributed by atoms with Gasteiger partial charge in [-0.25, -0.2) is 8.42 Å². The molecule has 0 radical (unpaired) electrons. The van der Waals surface area contributed by atoms with Gasteiger partial charge < -0.3 is 0 Å². The van der Waals surface area contributed by atoms with E-state index in [1.807, 2.05) is 6.92 Å². The van der Waals surface area contributed by atoms with Crippen LogP contribution < -0.4 is 0 Å². The Morgan fingerprint density at radius 1 is 1.10 bits per heavy atom. The van der Waals surface area contributed by atoms with Crippen molar-refractivity contribution >= 4 is 21.8 Å². The standard InChI is InChI=1S/C15H24N2O2S2/c1-3-12-21(18,19)17-10-8-16(9-11-17)13-14-4-6-15(20-2)7-5-14/h4-7H,3,8-13H2,1-2H3. The van der Waals surface area contributed by atoms with Crippen LogP contribution in [0.4, 0.5) is 0 Å². The number of sulfonamides is 1. The molecule has 1 aromatic rings. The number of thioether (sulfide) groups is 1. The number of hydrogen-bond donors (Lipinski definition) is 0. The molecule has 1 aromatic carbocycles. The Bertz CT molecular complexity index is 535. The Hall–Kier alpha value is -0.560. The Kier molecular flexibility index (Phi) is 6.10. The van der Waals surface area contributed by atoms with Crippen molar-refractivity contribution in [3.05, 3.63) is 29.8 Å². The summed E-state index contributed by atoms with van der Waals surface area (Å²) in [6.45, 7) is 5.67. The summed E-state index contributed by atoms with van der Waals surface area (Å²) in [5, 5.41) is 0. The molecular formula is C15H24N2O2S2. The van der Waals surface area contributed by atoms with E-state index in [-0.39, 0.29) is 5.75 Å².